The fourth-order valence-electron chi connectivity index (χ4n) is 4.40. The van der Waals surface area contributed by atoms with Crippen molar-refractivity contribution < 1.29 is 19.5 Å². The zero-order valence-corrected chi connectivity index (χ0v) is 22.8. The molecule has 0 aromatic carbocycles. The lowest BCUT2D eigenvalue weighted by molar-refractivity contribution is -0.122. The number of hydrogen-bond donors (Lipinski definition) is 6. The van der Waals surface area contributed by atoms with Gasteiger partial charge in [-0.1, -0.05) is 11.6 Å². The van der Waals surface area contributed by atoms with Gasteiger partial charge in [-0.25, -0.2) is 9.97 Å². The van der Waals surface area contributed by atoms with Gasteiger partial charge in [-0.15, -0.1) is 11.3 Å². The van der Waals surface area contributed by atoms with E-state index in [-0.39, 0.29) is 42.1 Å². The Morgan fingerprint density at radius 1 is 1.26 bits per heavy atom. The Morgan fingerprint density at radius 3 is 2.79 bits per heavy atom. The van der Waals surface area contributed by atoms with E-state index in [9.17, 15) is 19.5 Å². The molecule has 1 saturated heterocycles. The van der Waals surface area contributed by atoms with Crippen LogP contribution in [-0.4, -0.2) is 80.3 Å². The molecule has 3 amide bonds. The fourth-order valence-corrected chi connectivity index (χ4v) is 5.50. The van der Waals surface area contributed by atoms with Crippen molar-refractivity contribution in [2.24, 2.45) is 5.73 Å². The summed E-state index contributed by atoms with van der Waals surface area (Å²) in [5.41, 5.74) is 6.16. The van der Waals surface area contributed by atoms with Crippen molar-refractivity contribution in [3.63, 3.8) is 0 Å². The number of aromatic nitrogens is 3. The number of nitrogens with zero attached hydrogens (tertiary/aromatic N) is 4. The molecule has 1 unspecified atom stereocenters. The van der Waals surface area contributed by atoms with Crippen molar-refractivity contribution in [3.05, 3.63) is 51.3 Å². The minimum absolute atomic E-state index is 0.108. The zero-order valence-electron chi connectivity index (χ0n) is 21.2. The molecule has 208 valence electrons. The lowest BCUT2D eigenvalue weighted by atomic mass is 10.1. The van der Waals surface area contributed by atoms with Crippen molar-refractivity contribution in [2.75, 3.05) is 20.1 Å². The van der Waals surface area contributed by atoms with Crippen LogP contribution in [0.5, 0.6) is 0 Å². The average Bonchev–Trinajstić information content (AvgIpc) is 3.64. The highest BCUT2D eigenvalue weighted by atomic mass is 35.5. The average molecular weight is 576 g/mol. The molecule has 39 heavy (non-hydrogen) atoms. The molecular formula is C24H30ClN9O4S. The maximum absolute atomic E-state index is 13.3. The van der Waals surface area contributed by atoms with E-state index in [2.05, 4.69) is 25.9 Å². The fraction of sp³-hybridized carbons (Fsp3) is 0.417. The highest BCUT2D eigenvalue weighted by Gasteiger charge is 2.38. The molecule has 3 aromatic rings. The molecule has 7 N–H and O–H groups in total. The molecular weight excluding hydrogens is 546 g/mol. The second-order valence-corrected chi connectivity index (χ2v) is 10.5. The van der Waals surface area contributed by atoms with Crippen molar-refractivity contribution in [1.29, 1.82) is 5.41 Å². The summed E-state index contributed by atoms with van der Waals surface area (Å²) in [7, 11) is 1.49. The normalized spacial score (nSPS) is 17.7. The number of rotatable bonds is 10. The number of carbonyl (C=O) groups is 3. The first-order valence-electron chi connectivity index (χ1n) is 12.3. The molecule has 1 aliphatic rings. The van der Waals surface area contributed by atoms with Gasteiger partial charge in [-0.3, -0.25) is 19.8 Å². The van der Waals surface area contributed by atoms with Crippen LogP contribution in [0, 0.1) is 5.41 Å². The number of likely N-dealkylation sites (N-methyl/N-ethyl adjacent to an activating group) is 1. The molecule has 3 atom stereocenters. The number of nitrogens with two attached hydrogens (primary N) is 1. The van der Waals surface area contributed by atoms with Gasteiger partial charge in [0, 0.05) is 44.3 Å². The first-order chi connectivity index (χ1) is 18.7. The van der Waals surface area contributed by atoms with Crippen molar-refractivity contribution in [3.8, 4) is 0 Å². The minimum Gasteiger partial charge on any atom is -0.391 e. The lowest BCUT2D eigenvalue weighted by Gasteiger charge is -2.21. The number of β-amino-alcohol motifs (C(OH)–C–C–N with tert-alkyl or cyclic N) is 1. The summed E-state index contributed by atoms with van der Waals surface area (Å²) >= 11 is 7.25. The number of pyridine rings is 1. The number of unbranched alkanes of at least 4 members (excludes halogenated alkanes) is 1. The number of nitrogens with one attached hydrogen (secondary N) is 4. The van der Waals surface area contributed by atoms with E-state index >= 15 is 0 Å². The number of thiazole rings is 1. The number of likely N-dealkylation sites (tertiary alicyclic amines) is 1. The molecule has 1 fully saturated rings. The maximum atomic E-state index is 13.3. The number of amides is 3. The van der Waals surface area contributed by atoms with Gasteiger partial charge in [0.05, 0.1) is 17.2 Å². The summed E-state index contributed by atoms with van der Waals surface area (Å²) in [5, 5.41) is 28.1. The third-order valence-corrected chi connectivity index (χ3v) is 7.49. The van der Waals surface area contributed by atoms with E-state index < -0.39 is 24.1 Å². The maximum Gasteiger partial charge on any atom is 0.274 e. The molecule has 0 radical (unpaired) electrons. The Balaban J connectivity index is 1.43. The van der Waals surface area contributed by atoms with E-state index in [0.29, 0.717) is 41.5 Å². The molecule has 0 saturated carbocycles. The Hall–Kier alpha value is -3.75. The van der Waals surface area contributed by atoms with Gasteiger partial charge in [0.15, 0.2) is 5.96 Å². The van der Waals surface area contributed by atoms with Gasteiger partial charge >= 0.3 is 0 Å². The monoisotopic (exact) mass is 575 g/mol. The largest absolute Gasteiger partial charge is 0.391 e. The van der Waals surface area contributed by atoms with Gasteiger partial charge in [0.2, 0.25) is 5.91 Å². The van der Waals surface area contributed by atoms with Crippen LogP contribution < -0.4 is 21.7 Å². The van der Waals surface area contributed by atoms with Crippen molar-refractivity contribution >= 4 is 52.3 Å². The van der Waals surface area contributed by atoms with Crippen LogP contribution in [0.1, 0.15) is 57.7 Å². The van der Waals surface area contributed by atoms with Gasteiger partial charge in [0.25, 0.3) is 11.8 Å². The summed E-state index contributed by atoms with van der Waals surface area (Å²) in [6.45, 7) is 0.598. The molecule has 0 spiro atoms. The van der Waals surface area contributed by atoms with Gasteiger partial charge in [-0.05, 0) is 31.4 Å². The van der Waals surface area contributed by atoms with Crippen LogP contribution in [0.2, 0.25) is 5.02 Å². The first-order valence-corrected chi connectivity index (χ1v) is 13.6. The van der Waals surface area contributed by atoms with Crippen LogP contribution in [0.25, 0.3) is 5.65 Å². The second kappa shape index (κ2) is 12.4. The van der Waals surface area contributed by atoms with Crippen LogP contribution in [0.4, 0.5) is 0 Å². The van der Waals surface area contributed by atoms with Gasteiger partial charge < -0.3 is 36.1 Å². The number of hydrogen-bond acceptors (Lipinski definition) is 8. The third-order valence-electron chi connectivity index (χ3n) is 6.32. The van der Waals surface area contributed by atoms with E-state index in [1.807, 2.05) is 0 Å². The summed E-state index contributed by atoms with van der Waals surface area (Å²) in [6.07, 6.45) is 4.43. The number of carbonyl (C=O) groups excluding carboxylic acids is 3. The quantitative estimate of drug-likeness (QED) is 0.117. The van der Waals surface area contributed by atoms with Gasteiger partial charge in [-0.2, -0.15) is 0 Å². The van der Waals surface area contributed by atoms with Crippen LogP contribution in [0.3, 0.4) is 0 Å². The Bertz CT molecular complexity index is 1380. The minimum atomic E-state index is -0.764. The molecule has 4 rings (SSSR count). The molecule has 0 aliphatic carbocycles. The Kier molecular flexibility index (Phi) is 8.99. The molecule has 13 nitrogen and oxygen atoms in total. The third kappa shape index (κ3) is 6.82. The van der Waals surface area contributed by atoms with Crippen LogP contribution >= 0.6 is 22.9 Å². The number of aliphatic hydroxyl groups excluding tert-OH is 1. The van der Waals surface area contributed by atoms with E-state index in [0.717, 1.165) is 0 Å². The first kappa shape index (κ1) is 28.3. The molecule has 0 bridgehead atoms. The lowest BCUT2D eigenvalue weighted by Crippen LogP contribution is -2.45. The summed E-state index contributed by atoms with van der Waals surface area (Å²) in [4.78, 5) is 49.0. The predicted molar refractivity (Wildman–Crippen MR) is 146 cm³/mol. The second-order valence-electron chi connectivity index (χ2n) is 9.15. The SMILES string of the molecule is CNC(=O)C(CCCCNC(=N)N)NC(=O)c1csc([C@H]2C[C@H](O)CN2C(=O)c2cn3cc(Cl)ccc3n2)n1. The zero-order chi connectivity index (χ0) is 28.1. The Morgan fingerprint density at radius 2 is 2.05 bits per heavy atom. The number of guanidine groups is 1. The van der Waals surface area contributed by atoms with Crippen molar-refractivity contribution in [1.82, 2.24) is 35.2 Å². The van der Waals surface area contributed by atoms with Gasteiger partial charge in [0.1, 0.15) is 28.1 Å². The highest BCUT2D eigenvalue weighted by Crippen LogP contribution is 2.35. The van der Waals surface area contributed by atoms with Crippen LogP contribution in [-0.2, 0) is 4.79 Å². The predicted octanol–water partition coefficient (Wildman–Crippen LogP) is 0.890. The Labute approximate surface area is 233 Å². The standard InChI is InChI=1S/C24H30ClN9O4S/c1-28-20(36)15(4-2-3-7-29-24(26)27)31-21(37)17-12-39-22(32-17)18-8-14(35)10-34(18)23(38)16-11-33-9-13(25)5-6-19(33)30-16/h5-6,9,11-12,14-15,18,35H,2-4,7-8,10H2,1H3,(H,28,36)(H,31,37)(H4,26,27,29)/t14-,15?,18+/m0/s1. The van der Waals surface area contributed by atoms with Crippen molar-refractivity contribution in [2.45, 2.75) is 43.9 Å². The van der Waals surface area contributed by atoms with Crippen LogP contribution in [0.15, 0.2) is 29.9 Å². The molecule has 15 heteroatoms. The number of halogens is 1. The van der Waals surface area contributed by atoms with E-state index in [4.69, 9.17) is 22.7 Å². The molecule has 3 aromatic heterocycles. The topological polar surface area (TPSA) is 191 Å². The molecule has 4 heterocycles. The number of aliphatic hydroxyl groups is 1. The van der Waals surface area contributed by atoms with E-state index in [1.54, 1.807) is 34.3 Å². The summed E-state index contributed by atoms with van der Waals surface area (Å²) in [5.74, 6) is -1.33. The highest BCUT2D eigenvalue weighted by molar-refractivity contribution is 7.09. The number of imidazole rings is 1. The smallest absolute Gasteiger partial charge is 0.274 e. The summed E-state index contributed by atoms with van der Waals surface area (Å²) < 4.78 is 1.66. The number of fused-ring (bicyclic) bond motifs is 1. The summed E-state index contributed by atoms with van der Waals surface area (Å²) in [6, 6.07) is 2.09. The van der Waals surface area contributed by atoms with E-state index in [1.165, 1.54) is 23.3 Å². The molecule has 1 aliphatic heterocycles.